The molecule has 0 aliphatic heterocycles. The van der Waals surface area contributed by atoms with Crippen LogP contribution in [0.4, 0.5) is 5.69 Å². The molecule has 0 radical (unpaired) electrons. The highest BCUT2D eigenvalue weighted by molar-refractivity contribution is 8.00. The van der Waals surface area contributed by atoms with Gasteiger partial charge in [0.15, 0.2) is 5.58 Å². The molecule has 0 fully saturated rings. The summed E-state index contributed by atoms with van der Waals surface area (Å²) >= 11 is 2.92. The molecule has 0 aliphatic rings. The molecule has 2 aromatic carbocycles. The summed E-state index contributed by atoms with van der Waals surface area (Å²) in [5.41, 5.74) is 2.36. The Balaban J connectivity index is 1.69. The summed E-state index contributed by atoms with van der Waals surface area (Å²) in [6.45, 7) is 1.84. The van der Waals surface area contributed by atoms with Crippen molar-refractivity contribution in [3.05, 3.63) is 48.5 Å². The van der Waals surface area contributed by atoms with Gasteiger partial charge in [0, 0.05) is 4.90 Å². The third-order valence-corrected chi connectivity index (χ3v) is 5.03. The first kappa shape index (κ1) is 16.0. The molecule has 0 saturated carbocycles. The zero-order valence-corrected chi connectivity index (χ0v) is 14.4. The van der Waals surface area contributed by atoms with Gasteiger partial charge in [-0.15, -0.1) is 11.8 Å². The lowest BCUT2D eigenvalue weighted by Gasteiger charge is -2.12. The van der Waals surface area contributed by atoms with E-state index in [2.05, 4.69) is 10.3 Å². The zero-order chi connectivity index (χ0) is 16.2. The lowest BCUT2D eigenvalue weighted by molar-refractivity contribution is -0.115. The van der Waals surface area contributed by atoms with Crippen LogP contribution in [0.15, 0.2) is 63.1 Å². The third-order valence-electron chi connectivity index (χ3n) is 3.29. The molecular weight excluding hydrogens is 328 g/mol. The summed E-state index contributed by atoms with van der Waals surface area (Å²) in [6.07, 6.45) is 1.99. The standard InChI is InChI=1S/C17H16N2O2S2/c1-11(16(20)18-13-8-4-6-10-15(13)22-2)23-17-19-12-7-3-5-9-14(12)21-17/h3-11H,1-2H3,(H,18,20). The maximum atomic E-state index is 12.4. The van der Waals surface area contributed by atoms with E-state index in [0.29, 0.717) is 5.22 Å². The molecule has 0 bridgehead atoms. The van der Waals surface area contributed by atoms with E-state index in [9.17, 15) is 4.79 Å². The molecule has 0 aliphatic carbocycles. The normalized spacial score (nSPS) is 12.3. The Bertz CT molecular complexity index is 799. The fourth-order valence-corrected chi connectivity index (χ4v) is 3.40. The average molecular weight is 344 g/mol. The van der Waals surface area contributed by atoms with Gasteiger partial charge < -0.3 is 9.73 Å². The van der Waals surface area contributed by atoms with E-state index >= 15 is 0 Å². The van der Waals surface area contributed by atoms with Gasteiger partial charge in [-0.25, -0.2) is 4.98 Å². The number of benzene rings is 2. The lowest BCUT2D eigenvalue weighted by Crippen LogP contribution is -2.22. The monoisotopic (exact) mass is 344 g/mol. The van der Waals surface area contributed by atoms with Crippen molar-refractivity contribution in [2.75, 3.05) is 11.6 Å². The van der Waals surface area contributed by atoms with Crippen LogP contribution in [0.2, 0.25) is 0 Å². The third kappa shape index (κ3) is 3.71. The fraction of sp³-hybridized carbons (Fsp3) is 0.176. The topological polar surface area (TPSA) is 55.1 Å². The first-order valence-electron chi connectivity index (χ1n) is 7.13. The molecule has 1 N–H and O–H groups in total. The Morgan fingerprint density at radius 1 is 1.17 bits per heavy atom. The minimum atomic E-state index is -0.307. The molecule has 6 heteroatoms. The van der Waals surface area contributed by atoms with Crippen molar-refractivity contribution in [2.24, 2.45) is 0 Å². The summed E-state index contributed by atoms with van der Waals surface area (Å²) in [4.78, 5) is 17.8. The van der Waals surface area contributed by atoms with Gasteiger partial charge in [0.1, 0.15) is 5.52 Å². The van der Waals surface area contributed by atoms with Crippen molar-refractivity contribution >= 4 is 46.2 Å². The Hall–Kier alpha value is -1.92. The molecule has 23 heavy (non-hydrogen) atoms. The second-order valence-corrected chi connectivity index (χ2v) is 7.04. The van der Waals surface area contributed by atoms with Gasteiger partial charge in [0.2, 0.25) is 5.91 Å². The van der Waals surface area contributed by atoms with E-state index in [4.69, 9.17) is 4.42 Å². The Kier molecular flexibility index (Phi) is 4.93. The van der Waals surface area contributed by atoms with Crippen LogP contribution < -0.4 is 5.32 Å². The van der Waals surface area contributed by atoms with Gasteiger partial charge in [-0.1, -0.05) is 36.0 Å². The number of carbonyl (C=O) groups is 1. The molecule has 1 heterocycles. The van der Waals surface area contributed by atoms with Crippen LogP contribution in [0.1, 0.15) is 6.92 Å². The number of thioether (sulfide) groups is 2. The molecule has 4 nitrogen and oxygen atoms in total. The van der Waals surface area contributed by atoms with Crippen LogP contribution in [0.25, 0.3) is 11.1 Å². The van der Waals surface area contributed by atoms with E-state index in [1.165, 1.54) is 11.8 Å². The molecule has 3 rings (SSSR count). The van der Waals surface area contributed by atoms with Crippen molar-refractivity contribution in [2.45, 2.75) is 22.3 Å². The Morgan fingerprint density at radius 2 is 1.91 bits per heavy atom. The summed E-state index contributed by atoms with van der Waals surface area (Å²) in [5.74, 6) is -0.0706. The summed E-state index contributed by atoms with van der Waals surface area (Å²) in [5, 5.41) is 3.16. The maximum Gasteiger partial charge on any atom is 0.257 e. The number of fused-ring (bicyclic) bond motifs is 1. The van der Waals surface area contributed by atoms with E-state index in [-0.39, 0.29) is 11.2 Å². The van der Waals surface area contributed by atoms with E-state index in [0.717, 1.165) is 21.7 Å². The summed E-state index contributed by atoms with van der Waals surface area (Å²) < 4.78 is 5.65. The number of rotatable bonds is 5. The Labute approximate surface area is 143 Å². The molecule has 3 aromatic rings. The molecule has 1 aromatic heterocycles. The van der Waals surface area contributed by atoms with Gasteiger partial charge >= 0.3 is 0 Å². The number of hydrogen-bond donors (Lipinski definition) is 1. The van der Waals surface area contributed by atoms with Crippen molar-refractivity contribution in [3.63, 3.8) is 0 Å². The van der Waals surface area contributed by atoms with Crippen molar-refractivity contribution in [1.29, 1.82) is 0 Å². The number of anilines is 1. The van der Waals surface area contributed by atoms with Crippen LogP contribution in [0, 0.1) is 0 Å². The second kappa shape index (κ2) is 7.10. The summed E-state index contributed by atoms with van der Waals surface area (Å²) in [7, 11) is 0. The molecule has 1 unspecified atom stereocenters. The molecule has 118 valence electrons. The van der Waals surface area contributed by atoms with Crippen LogP contribution in [-0.2, 0) is 4.79 Å². The smallest absolute Gasteiger partial charge is 0.257 e. The molecule has 0 saturated heterocycles. The number of aromatic nitrogens is 1. The highest BCUT2D eigenvalue weighted by Crippen LogP contribution is 2.29. The van der Waals surface area contributed by atoms with Gasteiger partial charge in [0.25, 0.3) is 5.22 Å². The first-order chi connectivity index (χ1) is 11.2. The molecule has 1 amide bonds. The minimum Gasteiger partial charge on any atom is -0.431 e. The lowest BCUT2D eigenvalue weighted by atomic mass is 10.3. The fourth-order valence-electron chi connectivity index (χ4n) is 2.09. The number of nitrogens with one attached hydrogen (secondary N) is 1. The van der Waals surface area contributed by atoms with E-state index in [1.54, 1.807) is 11.8 Å². The van der Waals surface area contributed by atoms with E-state index < -0.39 is 0 Å². The number of hydrogen-bond acceptors (Lipinski definition) is 5. The van der Waals surface area contributed by atoms with Crippen LogP contribution >= 0.6 is 23.5 Å². The van der Waals surface area contributed by atoms with Crippen LogP contribution in [0.3, 0.4) is 0 Å². The molecule has 1 atom stereocenters. The van der Waals surface area contributed by atoms with E-state index in [1.807, 2.05) is 61.7 Å². The largest absolute Gasteiger partial charge is 0.431 e. The number of carbonyl (C=O) groups excluding carboxylic acids is 1. The predicted molar refractivity (Wildman–Crippen MR) is 96.2 cm³/mol. The highest BCUT2D eigenvalue weighted by atomic mass is 32.2. The highest BCUT2D eigenvalue weighted by Gasteiger charge is 2.18. The Morgan fingerprint density at radius 3 is 2.70 bits per heavy atom. The van der Waals surface area contributed by atoms with Gasteiger partial charge in [0.05, 0.1) is 10.9 Å². The second-order valence-electron chi connectivity index (χ2n) is 4.90. The van der Waals surface area contributed by atoms with Gasteiger partial charge in [-0.05, 0) is 37.4 Å². The quantitative estimate of drug-likeness (QED) is 0.682. The van der Waals surface area contributed by atoms with Crippen molar-refractivity contribution in [1.82, 2.24) is 4.98 Å². The van der Waals surface area contributed by atoms with Crippen LogP contribution in [0.5, 0.6) is 0 Å². The molecule has 0 spiro atoms. The van der Waals surface area contributed by atoms with Gasteiger partial charge in [-0.3, -0.25) is 4.79 Å². The average Bonchev–Trinajstić information content (AvgIpc) is 2.97. The SMILES string of the molecule is CSc1ccccc1NC(=O)C(C)Sc1nc2ccccc2o1. The number of oxazole rings is 1. The minimum absolute atomic E-state index is 0.0706. The predicted octanol–water partition coefficient (Wildman–Crippen LogP) is 4.67. The van der Waals surface area contributed by atoms with Gasteiger partial charge in [-0.2, -0.15) is 0 Å². The number of nitrogens with zero attached hydrogens (tertiary/aromatic N) is 1. The maximum absolute atomic E-state index is 12.4. The van der Waals surface area contributed by atoms with Crippen molar-refractivity contribution < 1.29 is 9.21 Å². The zero-order valence-electron chi connectivity index (χ0n) is 12.8. The summed E-state index contributed by atoms with van der Waals surface area (Å²) in [6, 6.07) is 15.3. The van der Waals surface area contributed by atoms with Crippen molar-refractivity contribution in [3.8, 4) is 0 Å². The number of para-hydroxylation sites is 3. The molecular formula is C17H16N2O2S2. The number of amides is 1. The van der Waals surface area contributed by atoms with Crippen LogP contribution in [-0.4, -0.2) is 22.4 Å². The first-order valence-corrected chi connectivity index (χ1v) is 9.24.